The van der Waals surface area contributed by atoms with Crippen molar-refractivity contribution < 1.29 is 23.7 Å². The molecule has 8 heteroatoms. The van der Waals surface area contributed by atoms with Crippen LogP contribution in [0.1, 0.15) is 0 Å². The van der Waals surface area contributed by atoms with Crippen LogP contribution in [-0.2, 0) is 0 Å². The molecule has 0 saturated carbocycles. The van der Waals surface area contributed by atoms with Gasteiger partial charge in [-0.2, -0.15) is 0 Å². The summed E-state index contributed by atoms with van der Waals surface area (Å²) in [6.45, 7) is 0. The molecule has 0 bridgehead atoms. The van der Waals surface area contributed by atoms with Gasteiger partial charge in [0.05, 0.1) is 41.1 Å². The second-order valence-corrected chi connectivity index (χ2v) is 5.86. The van der Waals surface area contributed by atoms with Crippen LogP contribution in [0, 0.1) is 0 Å². The lowest BCUT2D eigenvalue weighted by Crippen LogP contribution is -2.13. The van der Waals surface area contributed by atoms with Crippen LogP contribution < -0.4 is 28.6 Å². The van der Waals surface area contributed by atoms with Crippen LogP contribution in [0.15, 0.2) is 30.6 Å². The van der Waals surface area contributed by atoms with Crippen LogP contribution in [0.2, 0.25) is 0 Å². The van der Waals surface area contributed by atoms with Crippen molar-refractivity contribution in [2.45, 2.75) is 0 Å². The van der Waals surface area contributed by atoms with Crippen LogP contribution in [0.4, 0.5) is 11.5 Å². The first-order valence-corrected chi connectivity index (χ1v) is 8.48. The number of hydrogen-bond donors (Lipinski definition) is 0. The van der Waals surface area contributed by atoms with E-state index < -0.39 is 0 Å². The smallest absolute Gasteiger partial charge is 0.203 e. The van der Waals surface area contributed by atoms with Crippen molar-refractivity contribution in [1.29, 1.82) is 0 Å². The molecular formula is C20H23N3O5. The molecule has 0 atom stereocenters. The zero-order valence-corrected chi connectivity index (χ0v) is 16.8. The first-order valence-electron chi connectivity index (χ1n) is 8.48. The molecule has 0 saturated heterocycles. The van der Waals surface area contributed by atoms with E-state index in [0.29, 0.717) is 34.6 Å². The Bertz CT molecular complexity index is 968. The number of ether oxygens (including phenoxy) is 5. The fourth-order valence-corrected chi connectivity index (χ4v) is 3.02. The minimum absolute atomic E-state index is 0.529. The molecule has 0 amide bonds. The highest BCUT2D eigenvalue weighted by molar-refractivity contribution is 5.93. The Morgan fingerprint density at radius 1 is 0.679 bits per heavy atom. The molecule has 3 rings (SSSR count). The predicted molar refractivity (Wildman–Crippen MR) is 107 cm³/mol. The van der Waals surface area contributed by atoms with Gasteiger partial charge in [0.15, 0.2) is 23.0 Å². The fraction of sp³-hybridized carbons (Fsp3) is 0.300. The lowest BCUT2D eigenvalue weighted by Gasteiger charge is -2.22. The van der Waals surface area contributed by atoms with Gasteiger partial charge in [-0.25, -0.2) is 9.97 Å². The van der Waals surface area contributed by atoms with Crippen LogP contribution >= 0.6 is 0 Å². The standard InChI is InChI=1S/C20H23N3O5/c1-23(12-7-17(26-4)19(28-6)18(8-12)27-5)20-13-9-15(24-2)16(25-3)10-14(13)21-11-22-20/h7-11H,1-6H3. The Kier molecular flexibility index (Phi) is 5.58. The van der Waals surface area contributed by atoms with E-state index in [0.717, 1.165) is 16.6 Å². The van der Waals surface area contributed by atoms with Crippen molar-refractivity contribution in [3.8, 4) is 28.7 Å². The maximum atomic E-state index is 5.46. The molecule has 0 radical (unpaired) electrons. The molecule has 0 aliphatic rings. The summed E-state index contributed by atoms with van der Waals surface area (Å²) in [4.78, 5) is 10.7. The van der Waals surface area contributed by atoms with Gasteiger partial charge >= 0.3 is 0 Å². The first kappa shape index (κ1) is 19.3. The van der Waals surface area contributed by atoms with E-state index in [2.05, 4.69) is 9.97 Å². The summed E-state index contributed by atoms with van der Waals surface area (Å²) in [6, 6.07) is 7.40. The van der Waals surface area contributed by atoms with Gasteiger partial charge in [-0.1, -0.05) is 0 Å². The first-order chi connectivity index (χ1) is 13.6. The monoisotopic (exact) mass is 385 g/mol. The molecule has 8 nitrogen and oxygen atoms in total. The van der Waals surface area contributed by atoms with Crippen LogP contribution in [0.25, 0.3) is 10.9 Å². The lowest BCUT2D eigenvalue weighted by atomic mass is 10.1. The summed E-state index contributed by atoms with van der Waals surface area (Å²) < 4.78 is 27.1. The van der Waals surface area contributed by atoms with Crippen molar-refractivity contribution in [1.82, 2.24) is 9.97 Å². The summed E-state index contributed by atoms with van der Waals surface area (Å²) in [5.41, 5.74) is 1.55. The SMILES string of the molecule is COc1cc2ncnc(N(C)c3cc(OC)c(OC)c(OC)c3)c2cc1OC. The average Bonchev–Trinajstić information content (AvgIpc) is 2.75. The van der Waals surface area contributed by atoms with Gasteiger partial charge in [0, 0.05) is 36.3 Å². The molecule has 3 aromatic rings. The van der Waals surface area contributed by atoms with E-state index in [1.807, 2.05) is 36.2 Å². The third-order valence-corrected chi connectivity index (χ3v) is 4.47. The van der Waals surface area contributed by atoms with Crippen molar-refractivity contribution >= 4 is 22.4 Å². The molecule has 0 unspecified atom stereocenters. The maximum Gasteiger partial charge on any atom is 0.203 e. The molecule has 0 N–H and O–H groups in total. The molecule has 0 spiro atoms. The summed E-state index contributed by atoms with van der Waals surface area (Å²) in [5.74, 6) is 3.54. The third kappa shape index (κ3) is 3.28. The predicted octanol–water partition coefficient (Wildman–Crippen LogP) is 3.44. The van der Waals surface area contributed by atoms with E-state index in [9.17, 15) is 0 Å². The molecule has 0 aliphatic heterocycles. The van der Waals surface area contributed by atoms with E-state index in [-0.39, 0.29) is 0 Å². The largest absolute Gasteiger partial charge is 0.493 e. The number of hydrogen-bond acceptors (Lipinski definition) is 8. The number of rotatable bonds is 7. The minimum atomic E-state index is 0.529. The van der Waals surface area contributed by atoms with Crippen LogP contribution in [-0.4, -0.2) is 52.6 Å². The molecular weight excluding hydrogens is 362 g/mol. The Balaban J connectivity index is 2.17. The number of aromatic nitrogens is 2. The molecule has 1 heterocycles. The number of anilines is 2. The molecule has 2 aromatic carbocycles. The topological polar surface area (TPSA) is 75.2 Å². The van der Waals surface area contributed by atoms with Crippen LogP contribution in [0.5, 0.6) is 28.7 Å². The number of nitrogens with zero attached hydrogens (tertiary/aromatic N) is 3. The molecule has 0 aliphatic carbocycles. The number of methoxy groups -OCH3 is 5. The van der Waals surface area contributed by atoms with Crippen molar-refractivity contribution in [3.05, 3.63) is 30.6 Å². The van der Waals surface area contributed by atoms with E-state index in [1.165, 1.54) is 6.33 Å². The lowest BCUT2D eigenvalue weighted by molar-refractivity contribution is 0.324. The normalized spacial score (nSPS) is 10.5. The Morgan fingerprint density at radius 2 is 1.25 bits per heavy atom. The third-order valence-electron chi connectivity index (χ3n) is 4.47. The average molecular weight is 385 g/mol. The molecule has 1 aromatic heterocycles. The summed E-state index contributed by atoms with van der Waals surface area (Å²) in [6.07, 6.45) is 1.51. The summed E-state index contributed by atoms with van der Waals surface area (Å²) in [7, 11) is 9.82. The van der Waals surface area contributed by atoms with Crippen LogP contribution in [0.3, 0.4) is 0 Å². The summed E-state index contributed by atoms with van der Waals surface area (Å²) >= 11 is 0. The van der Waals surface area contributed by atoms with Crippen molar-refractivity contribution in [3.63, 3.8) is 0 Å². The van der Waals surface area contributed by atoms with E-state index >= 15 is 0 Å². The Morgan fingerprint density at radius 3 is 1.79 bits per heavy atom. The van der Waals surface area contributed by atoms with Gasteiger partial charge in [0.1, 0.15) is 12.1 Å². The van der Waals surface area contributed by atoms with Gasteiger partial charge < -0.3 is 28.6 Å². The maximum absolute atomic E-state index is 5.46. The highest BCUT2D eigenvalue weighted by atomic mass is 16.5. The van der Waals surface area contributed by atoms with Crippen molar-refractivity contribution in [2.75, 3.05) is 47.5 Å². The Labute approximate surface area is 163 Å². The van der Waals surface area contributed by atoms with Gasteiger partial charge in [-0.15, -0.1) is 0 Å². The van der Waals surface area contributed by atoms with Gasteiger partial charge in [0.2, 0.25) is 5.75 Å². The highest BCUT2D eigenvalue weighted by Crippen LogP contribution is 2.43. The molecule has 0 fully saturated rings. The molecule has 28 heavy (non-hydrogen) atoms. The molecule has 148 valence electrons. The fourth-order valence-electron chi connectivity index (χ4n) is 3.02. The van der Waals surface area contributed by atoms with Gasteiger partial charge in [0.25, 0.3) is 0 Å². The second-order valence-electron chi connectivity index (χ2n) is 5.86. The summed E-state index contributed by atoms with van der Waals surface area (Å²) in [5, 5.41) is 0.816. The van der Waals surface area contributed by atoms with Gasteiger partial charge in [-0.05, 0) is 6.07 Å². The number of benzene rings is 2. The van der Waals surface area contributed by atoms with E-state index in [1.54, 1.807) is 35.5 Å². The Hall–Kier alpha value is -3.42. The zero-order valence-electron chi connectivity index (χ0n) is 16.8. The second kappa shape index (κ2) is 8.08. The number of fused-ring (bicyclic) bond motifs is 1. The zero-order chi connectivity index (χ0) is 20.3. The van der Waals surface area contributed by atoms with E-state index in [4.69, 9.17) is 23.7 Å². The minimum Gasteiger partial charge on any atom is -0.493 e. The quantitative estimate of drug-likeness (QED) is 0.612. The highest BCUT2D eigenvalue weighted by Gasteiger charge is 2.19. The van der Waals surface area contributed by atoms with Crippen molar-refractivity contribution in [2.24, 2.45) is 0 Å². The van der Waals surface area contributed by atoms with Gasteiger partial charge in [-0.3, -0.25) is 0 Å².